The zero-order chi connectivity index (χ0) is 52.9. The first-order chi connectivity index (χ1) is 36.9. The van der Waals surface area contributed by atoms with Crippen molar-refractivity contribution >= 4 is 659 Å². The van der Waals surface area contributed by atoms with E-state index in [0.717, 1.165) is 0 Å². The molecule has 0 spiro atoms. The maximum Gasteiger partial charge on any atom is 0.0298 e. The molecule has 0 saturated heterocycles. The van der Waals surface area contributed by atoms with Crippen molar-refractivity contribution in [1.82, 2.24) is 0 Å². The normalized spacial score (nSPS) is 7.78. The van der Waals surface area contributed by atoms with E-state index in [1.54, 1.807) is 115 Å². The van der Waals surface area contributed by atoms with E-state index in [2.05, 4.69) is 16.5 Å². The van der Waals surface area contributed by atoms with Gasteiger partial charge in [-0.05, 0) is 93.2 Å². The lowest BCUT2D eigenvalue weighted by atomic mass is 12.0. The third-order valence-corrected chi connectivity index (χ3v) is 157. The summed E-state index contributed by atoms with van der Waals surface area (Å²) in [6.07, 6.45) is 0. The highest BCUT2D eigenvalue weighted by Crippen LogP contribution is 1.48. The zero-order valence-electron chi connectivity index (χ0n) is 30.3. The molecule has 0 bridgehead atoms. The smallest absolute Gasteiger partial charge is 0.0148 e. The Kier molecular flexibility index (Phi) is 108. The summed E-state index contributed by atoms with van der Waals surface area (Å²) in [6.45, 7) is 0. The zero-order valence-corrected chi connectivity index (χ0v) is 89.9. The van der Waals surface area contributed by atoms with Crippen LogP contribution in [-0.2, 0) is 643 Å². The molecule has 0 aromatic heterocycles. The van der Waals surface area contributed by atoms with Gasteiger partial charge in [-0.3, -0.25) is 0 Å². The number of hydrogen-bond acceptors (Lipinski definition) is 2. The van der Waals surface area contributed by atoms with Crippen LogP contribution in [0.1, 0.15) is 0 Å². The molecule has 0 aliphatic carbocycles. The minimum atomic E-state index is 1.37. The largest absolute Gasteiger partial charge is 0.0298 e. The molecule has 0 atom stereocenters. The van der Waals surface area contributed by atoms with E-state index in [9.17, 15) is 0 Å². The standard InChI is InChI=1S/CS73/c2-1-4-6-8-10-12-14-16-18-20-22-24-26-28-30-32-34-36-38-40-42-44-46-48-50-52-54-56-58-60-62-64-66-68-70-72-74-73-71-69-67-65-63-61-59-57-55-53-51-49-47-45-43-41-39-37-35-33-31-29-27-25-23-21-19-17-15-13-11-9-7-5-3. The Bertz CT molecular complexity index is 5210. The van der Waals surface area contributed by atoms with Crippen molar-refractivity contribution in [3.8, 4) is 0 Å². The Hall–Kier alpha value is 15.8. The molecule has 0 heterocycles. The van der Waals surface area contributed by atoms with Gasteiger partial charge in [0.05, 0.1) is 0 Å². The number of hydrogen-bond donors (Lipinski definition) is 0. The van der Waals surface area contributed by atoms with Crippen LogP contribution in [0.3, 0.4) is 0 Å². The summed E-state index contributed by atoms with van der Waals surface area (Å²) in [5, 5.41) is 0. The van der Waals surface area contributed by atoms with E-state index < -0.39 is 0 Å². The Morgan fingerprint density at radius 2 is 0.203 bits per heavy atom. The van der Waals surface area contributed by atoms with E-state index in [1.807, 2.05) is 497 Å². The van der Waals surface area contributed by atoms with Gasteiger partial charge in [0, 0.05) is 566 Å². The van der Waals surface area contributed by atoms with Crippen LogP contribution in [0.2, 0.25) is 0 Å². The Morgan fingerprint density at radius 1 is 0.122 bits per heavy atom. The quantitative estimate of drug-likeness (QED) is 0.319. The molecule has 0 aliphatic heterocycles. The molecule has 0 saturated carbocycles. The Balaban J connectivity index is 6.14. The molecule has 0 aromatic rings. The molecule has 0 N–H and O–H groups in total. The highest BCUT2D eigenvalue weighted by molar-refractivity contribution is 8.84. The van der Waals surface area contributed by atoms with Crippen LogP contribution in [0.5, 0.6) is 0 Å². The van der Waals surface area contributed by atoms with Crippen molar-refractivity contribution in [3.05, 3.63) is 0 Å². The van der Waals surface area contributed by atoms with Gasteiger partial charge in [0.1, 0.15) is 0 Å². The van der Waals surface area contributed by atoms with Crippen molar-refractivity contribution in [3.63, 3.8) is 0 Å². The molecule has 0 aromatic carbocycles. The lowest BCUT2D eigenvalue weighted by Gasteiger charge is -1.41. The Labute approximate surface area is 638 Å². The fourth-order valence-electron chi connectivity index (χ4n) is 0.799. The van der Waals surface area contributed by atoms with Gasteiger partial charge >= 0.3 is 0 Å². The van der Waals surface area contributed by atoms with E-state index in [1.165, 1.54) is 18.8 Å². The second-order valence-electron chi connectivity index (χ2n) is 4.93. The lowest BCUT2D eigenvalue weighted by Crippen LogP contribution is -1.41. The van der Waals surface area contributed by atoms with Crippen LogP contribution in [0.25, 0.3) is 0 Å². The van der Waals surface area contributed by atoms with E-state index >= 15 is 0 Å². The number of thiocarbonyl (C=S) groups is 1. The van der Waals surface area contributed by atoms with Crippen LogP contribution in [0, 0.1) is 0 Å². The molecule has 73 heteroatoms. The average Bonchev–Trinajstić information content (AvgIpc) is 3.41. The predicted octanol–water partition coefficient (Wildman–Crippen LogP) is 0.197. The topological polar surface area (TPSA) is 0 Å². The molecule has 0 amide bonds. The van der Waals surface area contributed by atoms with Gasteiger partial charge in [-0.1, -0.05) is 0 Å². The molecule has 0 fully saturated rings. The van der Waals surface area contributed by atoms with Gasteiger partial charge in [0.15, 0.2) is 0 Å². The summed E-state index contributed by atoms with van der Waals surface area (Å²) < 4.78 is 2.63. The maximum atomic E-state index is 4.82. The molecule has 74 heavy (non-hydrogen) atoms. The molecule has 0 unspecified atom stereocenters. The highest BCUT2D eigenvalue weighted by Gasteiger charge is 1.48. The fraction of sp³-hybridized carbons (Fsp3) is 0. The number of rotatable bonds is 0. The summed E-state index contributed by atoms with van der Waals surface area (Å²) in [7, 11) is 128. The van der Waals surface area contributed by atoms with E-state index in [4.69, 9.17) is 11.2 Å². The lowest BCUT2D eigenvalue weighted by molar-refractivity contribution is 4.64. The average molecular weight is 2350 g/mol. The first-order valence-electron chi connectivity index (χ1n) is 12.2. The van der Waals surface area contributed by atoms with Gasteiger partial charge in [-0.2, -0.15) is 0 Å². The van der Waals surface area contributed by atoms with Crippen molar-refractivity contribution in [2.45, 2.75) is 0 Å². The minimum Gasteiger partial charge on any atom is -0.0148 e. The summed E-state index contributed by atoms with van der Waals surface area (Å²) in [6, 6.07) is 0. The van der Waals surface area contributed by atoms with Gasteiger partial charge in [0.25, 0.3) is 0 Å². The Morgan fingerprint density at radius 3 is 0.284 bits per heavy atom. The monoisotopic (exact) mass is 2350 g/mol. The summed E-state index contributed by atoms with van der Waals surface area (Å²) >= 11 is 9.48. The van der Waals surface area contributed by atoms with Crippen molar-refractivity contribution in [2.24, 2.45) is 0 Å². The first kappa shape index (κ1) is 89.8. The molecule has 0 rings (SSSR count). The van der Waals surface area contributed by atoms with E-state index in [-0.39, 0.29) is 0 Å². The predicted molar refractivity (Wildman–Crippen MR) is 543 cm³/mol. The first-order valence-corrected chi connectivity index (χ1v) is 108. The minimum absolute atomic E-state index is 1.37. The summed E-state index contributed by atoms with van der Waals surface area (Å²) in [5.74, 6) is 0. The molecule has 0 radical (unpaired) electrons. The second-order valence-corrected chi connectivity index (χ2v) is 130. The molecule has 0 aliphatic rings. The summed E-state index contributed by atoms with van der Waals surface area (Å²) in [5.41, 5.74) is 0. The molecular weight excluding hydrogens is 2350 g/mol. The van der Waals surface area contributed by atoms with Crippen LogP contribution >= 0.6 is 12.2 Å². The SMILES string of the molecule is S=C=S=S=S=S=S=S=S=S=S=S=S=S=S=S=S=S=S=S=S=S=S=S=S=S=S=S=S=S=S=S=S=S=S=S=S=S=S=S=S=S=S=S=S=S=S=S=S=S=S=S=S=S=S=S=S=S=S=S=S=S=S=S=S=S=S=S=S=S=S=S=S=S. The third-order valence-electron chi connectivity index (χ3n) is 1.98. The third kappa shape index (κ3) is 87.8. The van der Waals surface area contributed by atoms with Gasteiger partial charge in [-0.15, -0.1) is 0 Å². The van der Waals surface area contributed by atoms with Crippen LogP contribution in [-0.4, -0.2) is 4.31 Å². The maximum absolute atomic E-state index is 4.82. The van der Waals surface area contributed by atoms with Crippen LogP contribution in [0.4, 0.5) is 0 Å². The van der Waals surface area contributed by atoms with Crippen LogP contribution in [0.15, 0.2) is 0 Å². The van der Waals surface area contributed by atoms with Crippen molar-refractivity contribution < 1.29 is 0 Å². The molecular formula is CS73. The van der Waals surface area contributed by atoms with E-state index in [0.29, 0.717) is 0 Å². The van der Waals surface area contributed by atoms with Crippen molar-refractivity contribution in [2.75, 3.05) is 0 Å². The van der Waals surface area contributed by atoms with Gasteiger partial charge in [0.2, 0.25) is 0 Å². The fourth-order valence-corrected chi connectivity index (χ4v) is 190. The highest BCUT2D eigenvalue weighted by atomic mass is 33.5. The molecule has 442 valence electrons. The summed E-state index contributed by atoms with van der Waals surface area (Å²) in [4.78, 5) is 0. The van der Waals surface area contributed by atoms with Crippen LogP contribution < -0.4 is 0 Å². The second kappa shape index (κ2) is 88.8. The molecule has 0 nitrogen and oxygen atoms in total. The van der Waals surface area contributed by atoms with Gasteiger partial charge in [-0.25, -0.2) is 0 Å². The van der Waals surface area contributed by atoms with Crippen molar-refractivity contribution in [1.29, 1.82) is 0 Å². The van der Waals surface area contributed by atoms with Gasteiger partial charge < -0.3 is 0 Å².